The molecule has 3 rings (SSSR count). The van der Waals surface area contributed by atoms with Crippen LogP contribution in [0.4, 0.5) is 0 Å². The van der Waals surface area contributed by atoms with Gasteiger partial charge in [0.25, 0.3) is 0 Å². The fraction of sp³-hybridized carbons (Fsp3) is 0.429. The smallest absolute Gasteiger partial charge is 0.302 e. The van der Waals surface area contributed by atoms with Gasteiger partial charge in [-0.05, 0) is 42.2 Å². The standard InChI is InChI=1S/C35H46N4O6/c1-25(40)45-19-11-18-37-33(42)30(21-26-12-7-6-8-13-26)39(5)34(43)31(38(4)32(41)23-44-24-35(2,3)36)22-27-16-17-28-14-9-10-15-29(28)20-27/h6-10,12-17,20,30-31H,11,18-19,21-24,36H2,1-5H3,(H,37,42)/t30?,31-/m1/s1. The van der Waals surface area contributed by atoms with Gasteiger partial charge < -0.3 is 30.3 Å². The summed E-state index contributed by atoms with van der Waals surface area (Å²) in [7, 11) is 3.17. The Bertz CT molecular complexity index is 1440. The number of carbonyl (C=O) groups excluding carboxylic acids is 4. The predicted molar refractivity (Wildman–Crippen MR) is 174 cm³/mol. The van der Waals surface area contributed by atoms with Crippen molar-refractivity contribution in [1.82, 2.24) is 15.1 Å². The number of nitrogens with one attached hydrogen (secondary N) is 1. The molecule has 0 saturated carbocycles. The molecule has 1 unspecified atom stereocenters. The maximum atomic E-state index is 14.3. The monoisotopic (exact) mass is 618 g/mol. The van der Waals surface area contributed by atoms with E-state index in [0.717, 1.165) is 21.9 Å². The average molecular weight is 619 g/mol. The number of carbonyl (C=O) groups is 4. The molecular formula is C35H46N4O6. The van der Waals surface area contributed by atoms with Crippen LogP contribution in [-0.4, -0.2) is 91.6 Å². The van der Waals surface area contributed by atoms with Gasteiger partial charge in [0.2, 0.25) is 17.7 Å². The topological polar surface area (TPSA) is 131 Å². The molecule has 0 aliphatic heterocycles. The maximum Gasteiger partial charge on any atom is 0.302 e. The zero-order valence-electron chi connectivity index (χ0n) is 27.0. The molecule has 45 heavy (non-hydrogen) atoms. The molecule has 0 heterocycles. The van der Waals surface area contributed by atoms with Crippen LogP contribution in [-0.2, 0) is 41.5 Å². The van der Waals surface area contributed by atoms with E-state index in [1.807, 2.05) is 72.8 Å². The molecule has 0 aromatic heterocycles. The normalized spacial score (nSPS) is 12.7. The summed E-state index contributed by atoms with van der Waals surface area (Å²) >= 11 is 0. The van der Waals surface area contributed by atoms with Gasteiger partial charge in [-0.1, -0.05) is 72.8 Å². The summed E-state index contributed by atoms with van der Waals surface area (Å²) in [6, 6.07) is 21.6. The van der Waals surface area contributed by atoms with Crippen LogP contribution in [0.5, 0.6) is 0 Å². The third kappa shape index (κ3) is 11.3. The molecule has 0 saturated heterocycles. The molecule has 0 fully saturated rings. The van der Waals surface area contributed by atoms with Crippen LogP contribution < -0.4 is 11.1 Å². The number of hydrogen-bond acceptors (Lipinski definition) is 7. The first-order chi connectivity index (χ1) is 21.4. The SMILES string of the molecule is CC(=O)OCCCNC(=O)C(Cc1ccccc1)N(C)C(=O)[C@@H](Cc1ccc2ccccc2c1)N(C)C(=O)COCC(C)(C)N. The third-order valence-electron chi connectivity index (χ3n) is 7.40. The van der Waals surface area contributed by atoms with Crippen molar-refractivity contribution in [2.45, 2.75) is 57.7 Å². The summed E-state index contributed by atoms with van der Waals surface area (Å²) in [6.45, 7) is 5.32. The summed E-state index contributed by atoms with van der Waals surface area (Å²) < 4.78 is 10.6. The second-order valence-corrected chi connectivity index (χ2v) is 12.0. The van der Waals surface area contributed by atoms with Crippen LogP contribution in [0.15, 0.2) is 72.8 Å². The molecular weight excluding hydrogens is 572 g/mol. The molecule has 10 heteroatoms. The first kappa shape index (κ1) is 35.2. The van der Waals surface area contributed by atoms with Crippen LogP contribution in [0.1, 0.15) is 38.3 Å². The molecule has 0 spiro atoms. The van der Waals surface area contributed by atoms with Crippen LogP contribution in [0.25, 0.3) is 10.8 Å². The van der Waals surface area contributed by atoms with E-state index >= 15 is 0 Å². The molecule has 0 bridgehead atoms. The van der Waals surface area contributed by atoms with E-state index in [4.69, 9.17) is 15.2 Å². The summed E-state index contributed by atoms with van der Waals surface area (Å²) in [5.41, 5.74) is 7.15. The lowest BCUT2D eigenvalue weighted by molar-refractivity contribution is -0.149. The van der Waals surface area contributed by atoms with Gasteiger partial charge in [-0.25, -0.2) is 0 Å². The molecule has 0 aliphatic carbocycles. The van der Waals surface area contributed by atoms with Crippen molar-refractivity contribution in [2.24, 2.45) is 5.73 Å². The molecule has 10 nitrogen and oxygen atoms in total. The Morgan fingerprint density at radius 3 is 2.16 bits per heavy atom. The minimum absolute atomic E-state index is 0.173. The van der Waals surface area contributed by atoms with Crippen molar-refractivity contribution in [3.63, 3.8) is 0 Å². The fourth-order valence-corrected chi connectivity index (χ4v) is 4.90. The van der Waals surface area contributed by atoms with Gasteiger partial charge in [0.1, 0.15) is 18.7 Å². The van der Waals surface area contributed by atoms with E-state index < -0.39 is 17.6 Å². The number of nitrogens with zero attached hydrogens (tertiary/aromatic N) is 2. The largest absolute Gasteiger partial charge is 0.466 e. The summed E-state index contributed by atoms with van der Waals surface area (Å²) in [5.74, 6) is -1.48. The highest BCUT2D eigenvalue weighted by molar-refractivity contribution is 5.92. The third-order valence-corrected chi connectivity index (χ3v) is 7.40. The quantitative estimate of drug-likeness (QED) is 0.186. The van der Waals surface area contributed by atoms with E-state index in [0.29, 0.717) is 6.42 Å². The van der Waals surface area contributed by atoms with Crippen LogP contribution in [0.2, 0.25) is 0 Å². The van der Waals surface area contributed by atoms with Crippen LogP contribution in [0, 0.1) is 0 Å². The van der Waals surface area contributed by atoms with Crippen molar-refractivity contribution in [1.29, 1.82) is 0 Å². The van der Waals surface area contributed by atoms with Crippen molar-refractivity contribution in [3.05, 3.63) is 83.9 Å². The highest BCUT2D eigenvalue weighted by Gasteiger charge is 2.35. The Balaban J connectivity index is 1.87. The van der Waals surface area contributed by atoms with E-state index in [-0.39, 0.29) is 62.9 Å². The second kappa shape index (κ2) is 16.7. The Kier molecular flexibility index (Phi) is 13.1. The number of ether oxygens (including phenoxy) is 2. The number of nitrogens with two attached hydrogens (primary N) is 1. The minimum Gasteiger partial charge on any atom is -0.466 e. The number of hydrogen-bond donors (Lipinski definition) is 2. The first-order valence-corrected chi connectivity index (χ1v) is 15.2. The Morgan fingerprint density at radius 1 is 0.844 bits per heavy atom. The highest BCUT2D eigenvalue weighted by atomic mass is 16.5. The molecule has 242 valence electrons. The number of rotatable bonds is 16. The van der Waals surface area contributed by atoms with Gasteiger partial charge in [0.05, 0.1) is 13.2 Å². The van der Waals surface area contributed by atoms with Gasteiger partial charge in [-0.15, -0.1) is 0 Å². The van der Waals surface area contributed by atoms with Crippen LogP contribution in [0.3, 0.4) is 0 Å². The highest BCUT2D eigenvalue weighted by Crippen LogP contribution is 2.20. The van der Waals surface area contributed by atoms with Gasteiger partial charge in [-0.2, -0.15) is 0 Å². The second-order valence-electron chi connectivity index (χ2n) is 12.0. The van der Waals surface area contributed by atoms with Crippen molar-refractivity contribution in [2.75, 3.05) is 40.5 Å². The Labute approximate surface area is 265 Å². The van der Waals surface area contributed by atoms with E-state index in [9.17, 15) is 19.2 Å². The molecule has 0 radical (unpaired) electrons. The van der Waals surface area contributed by atoms with E-state index in [1.54, 1.807) is 27.9 Å². The lowest BCUT2D eigenvalue weighted by Crippen LogP contribution is -2.56. The fourth-order valence-electron chi connectivity index (χ4n) is 4.90. The molecule has 3 aromatic carbocycles. The van der Waals surface area contributed by atoms with E-state index in [2.05, 4.69) is 5.32 Å². The summed E-state index contributed by atoms with van der Waals surface area (Å²) in [6.07, 6.45) is 0.942. The number of fused-ring (bicyclic) bond motifs is 1. The van der Waals surface area contributed by atoms with E-state index in [1.165, 1.54) is 16.7 Å². The maximum absolute atomic E-state index is 14.3. The minimum atomic E-state index is -0.909. The van der Waals surface area contributed by atoms with Gasteiger partial charge >= 0.3 is 5.97 Å². The zero-order chi connectivity index (χ0) is 33.0. The number of esters is 1. The number of amides is 3. The Morgan fingerprint density at radius 2 is 1.49 bits per heavy atom. The first-order valence-electron chi connectivity index (χ1n) is 15.2. The predicted octanol–water partition coefficient (Wildman–Crippen LogP) is 3.10. The van der Waals surface area contributed by atoms with Gasteiger partial charge in [0.15, 0.2) is 0 Å². The van der Waals surface area contributed by atoms with Gasteiger partial charge in [-0.3, -0.25) is 19.2 Å². The average Bonchev–Trinajstić information content (AvgIpc) is 3.00. The lowest BCUT2D eigenvalue weighted by Gasteiger charge is -2.35. The summed E-state index contributed by atoms with van der Waals surface area (Å²) in [4.78, 5) is 55.1. The lowest BCUT2D eigenvalue weighted by atomic mass is 9.98. The van der Waals surface area contributed by atoms with Crippen molar-refractivity contribution < 1.29 is 28.7 Å². The number of likely N-dealkylation sites (N-methyl/N-ethyl adjacent to an activating group) is 2. The molecule has 3 N–H and O–H groups in total. The molecule has 2 atom stereocenters. The molecule has 0 aliphatic rings. The van der Waals surface area contributed by atoms with Crippen molar-refractivity contribution >= 4 is 34.5 Å². The Hall–Kier alpha value is -4.28. The zero-order valence-corrected chi connectivity index (χ0v) is 27.0. The molecule has 3 amide bonds. The van der Waals surface area contributed by atoms with Gasteiger partial charge in [0, 0.05) is 45.9 Å². The number of benzene rings is 3. The molecule has 3 aromatic rings. The van der Waals surface area contributed by atoms with Crippen molar-refractivity contribution in [3.8, 4) is 0 Å². The summed E-state index contributed by atoms with van der Waals surface area (Å²) in [5, 5.41) is 4.97. The van der Waals surface area contributed by atoms with Crippen LogP contribution >= 0.6 is 0 Å².